The first-order valence-electron chi connectivity index (χ1n) is 8.36. The minimum absolute atomic E-state index is 0.245. The molecular formula is C17H26N4O. The zero-order chi connectivity index (χ0) is 15.4. The molecule has 120 valence electrons. The van der Waals surface area contributed by atoms with Crippen LogP contribution in [0.4, 0.5) is 0 Å². The van der Waals surface area contributed by atoms with Crippen molar-refractivity contribution < 1.29 is 4.79 Å². The Balaban J connectivity index is 1.42. The molecule has 2 aliphatic rings. The Labute approximate surface area is 132 Å². The van der Waals surface area contributed by atoms with E-state index in [0.717, 1.165) is 38.6 Å². The Kier molecular flexibility index (Phi) is 5.05. The summed E-state index contributed by atoms with van der Waals surface area (Å²) in [4.78, 5) is 20.8. The third kappa shape index (κ3) is 4.05. The number of hydrogen-bond donors (Lipinski definition) is 1. The summed E-state index contributed by atoms with van der Waals surface area (Å²) < 4.78 is 0. The standard InChI is InChI=1S/C17H26N4O/c1-14(16-3-2-6-18-12-16)20-7-9-21(10-8-20)17(22)13-19-11-15-4-5-15/h2-3,6,12,14-15,19H,4-5,7-11,13H2,1H3. The molecule has 5 nitrogen and oxygen atoms in total. The number of aromatic nitrogens is 1. The van der Waals surface area contributed by atoms with Crippen molar-refractivity contribution in [1.29, 1.82) is 0 Å². The van der Waals surface area contributed by atoms with Crippen LogP contribution in [0.25, 0.3) is 0 Å². The number of hydrogen-bond acceptors (Lipinski definition) is 4. The molecule has 1 unspecified atom stereocenters. The number of carbonyl (C=O) groups excluding carboxylic acids is 1. The lowest BCUT2D eigenvalue weighted by Gasteiger charge is -2.38. The second-order valence-electron chi connectivity index (χ2n) is 6.45. The van der Waals surface area contributed by atoms with Crippen LogP contribution in [-0.2, 0) is 4.79 Å². The van der Waals surface area contributed by atoms with Gasteiger partial charge in [0, 0.05) is 44.6 Å². The van der Waals surface area contributed by atoms with Crippen molar-refractivity contribution >= 4 is 5.91 Å². The molecule has 0 spiro atoms. The van der Waals surface area contributed by atoms with Gasteiger partial charge in [0.2, 0.25) is 5.91 Å². The molecule has 22 heavy (non-hydrogen) atoms. The van der Waals surface area contributed by atoms with Gasteiger partial charge in [0.1, 0.15) is 0 Å². The fraction of sp³-hybridized carbons (Fsp3) is 0.647. The van der Waals surface area contributed by atoms with Gasteiger partial charge in [-0.15, -0.1) is 0 Å². The number of piperazine rings is 1. The highest BCUT2D eigenvalue weighted by Gasteiger charge is 2.25. The minimum atomic E-state index is 0.245. The quantitative estimate of drug-likeness (QED) is 0.860. The smallest absolute Gasteiger partial charge is 0.236 e. The summed E-state index contributed by atoms with van der Waals surface area (Å²) in [6.07, 6.45) is 6.39. The molecule has 1 aliphatic carbocycles. The molecule has 0 bridgehead atoms. The van der Waals surface area contributed by atoms with Crippen molar-refractivity contribution in [2.45, 2.75) is 25.8 Å². The Morgan fingerprint density at radius 1 is 1.36 bits per heavy atom. The minimum Gasteiger partial charge on any atom is -0.339 e. The molecular weight excluding hydrogens is 276 g/mol. The van der Waals surface area contributed by atoms with Crippen LogP contribution in [0.2, 0.25) is 0 Å². The maximum absolute atomic E-state index is 12.2. The summed E-state index contributed by atoms with van der Waals surface area (Å²) in [7, 11) is 0. The van der Waals surface area contributed by atoms with Gasteiger partial charge in [0.05, 0.1) is 6.54 Å². The lowest BCUT2D eigenvalue weighted by Crippen LogP contribution is -2.51. The Bertz CT molecular complexity index is 481. The zero-order valence-corrected chi connectivity index (χ0v) is 13.4. The molecule has 1 amide bonds. The number of pyridine rings is 1. The van der Waals surface area contributed by atoms with Crippen LogP contribution in [0.15, 0.2) is 24.5 Å². The number of carbonyl (C=O) groups is 1. The van der Waals surface area contributed by atoms with Crippen molar-refractivity contribution in [3.8, 4) is 0 Å². The predicted molar refractivity (Wildman–Crippen MR) is 86.4 cm³/mol. The maximum atomic E-state index is 12.2. The first-order chi connectivity index (χ1) is 10.7. The molecule has 1 atom stereocenters. The molecule has 0 aromatic carbocycles. The zero-order valence-electron chi connectivity index (χ0n) is 13.4. The average molecular weight is 302 g/mol. The Morgan fingerprint density at radius 3 is 2.77 bits per heavy atom. The van der Waals surface area contributed by atoms with E-state index in [1.54, 1.807) is 0 Å². The van der Waals surface area contributed by atoms with Gasteiger partial charge in [-0.1, -0.05) is 6.07 Å². The first-order valence-corrected chi connectivity index (χ1v) is 8.36. The van der Waals surface area contributed by atoms with E-state index in [-0.39, 0.29) is 5.91 Å². The van der Waals surface area contributed by atoms with E-state index in [0.29, 0.717) is 12.6 Å². The average Bonchev–Trinajstić information content (AvgIpc) is 3.39. The molecule has 1 saturated heterocycles. The van der Waals surface area contributed by atoms with Crippen LogP contribution >= 0.6 is 0 Å². The number of nitrogens with zero attached hydrogens (tertiary/aromatic N) is 3. The molecule has 1 aromatic heterocycles. The van der Waals surface area contributed by atoms with Gasteiger partial charge in [-0.3, -0.25) is 14.7 Å². The molecule has 5 heteroatoms. The Morgan fingerprint density at radius 2 is 2.14 bits per heavy atom. The van der Waals surface area contributed by atoms with Crippen LogP contribution in [0, 0.1) is 5.92 Å². The van der Waals surface area contributed by atoms with Gasteiger partial charge in [-0.25, -0.2) is 0 Å². The van der Waals surface area contributed by atoms with Crippen LogP contribution in [0.1, 0.15) is 31.4 Å². The van der Waals surface area contributed by atoms with Gasteiger partial charge in [-0.2, -0.15) is 0 Å². The summed E-state index contributed by atoms with van der Waals surface area (Å²) >= 11 is 0. The monoisotopic (exact) mass is 302 g/mol. The molecule has 1 aliphatic heterocycles. The van der Waals surface area contributed by atoms with E-state index in [1.807, 2.05) is 23.4 Å². The second kappa shape index (κ2) is 7.20. The van der Waals surface area contributed by atoms with Crippen molar-refractivity contribution in [2.75, 3.05) is 39.3 Å². The van der Waals surface area contributed by atoms with Gasteiger partial charge in [0.15, 0.2) is 0 Å². The predicted octanol–water partition coefficient (Wildman–Crippen LogP) is 1.29. The Hall–Kier alpha value is -1.46. The SMILES string of the molecule is CC(c1cccnc1)N1CCN(C(=O)CNCC2CC2)CC1. The normalized spacial score (nSPS) is 20.9. The second-order valence-corrected chi connectivity index (χ2v) is 6.45. The van der Waals surface area contributed by atoms with Crippen molar-refractivity contribution in [1.82, 2.24) is 20.1 Å². The molecule has 1 aromatic rings. The first kappa shape index (κ1) is 15.4. The summed E-state index contributed by atoms with van der Waals surface area (Å²) in [6, 6.07) is 4.47. The fourth-order valence-corrected chi connectivity index (χ4v) is 3.01. The highest BCUT2D eigenvalue weighted by atomic mass is 16.2. The van der Waals surface area contributed by atoms with Gasteiger partial charge in [-0.05, 0) is 43.9 Å². The van der Waals surface area contributed by atoms with E-state index >= 15 is 0 Å². The molecule has 2 heterocycles. The van der Waals surface area contributed by atoms with Crippen molar-refractivity contribution in [2.24, 2.45) is 5.92 Å². The van der Waals surface area contributed by atoms with Crippen LogP contribution in [0.3, 0.4) is 0 Å². The van der Waals surface area contributed by atoms with E-state index in [2.05, 4.69) is 28.2 Å². The summed E-state index contributed by atoms with van der Waals surface area (Å²) in [5.74, 6) is 1.07. The van der Waals surface area contributed by atoms with Crippen LogP contribution < -0.4 is 5.32 Å². The topological polar surface area (TPSA) is 48.5 Å². The third-order valence-corrected chi connectivity index (χ3v) is 4.79. The molecule has 2 fully saturated rings. The largest absolute Gasteiger partial charge is 0.339 e. The lowest BCUT2D eigenvalue weighted by molar-refractivity contribution is -0.132. The maximum Gasteiger partial charge on any atom is 0.236 e. The number of rotatable bonds is 6. The molecule has 0 radical (unpaired) electrons. The fourth-order valence-electron chi connectivity index (χ4n) is 3.01. The molecule has 3 rings (SSSR count). The van der Waals surface area contributed by atoms with Crippen molar-refractivity contribution in [3.63, 3.8) is 0 Å². The third-order valence-electron chi connectivity index (χ3n) is 4.79. The van der Waals surface area contributed by atoms with E-state index in [4.69, 9.17) is 0 Å². The van der Waals surface area contributed by atoms with E-state index < -0.39 is 0 Å². The van der Waals surface area contributed by atoms with Crippen LogP contribution in [-0.4, -0.2) is 60.0 Å². The van der Waals surface area contributed by atoms with E-state index in [1.165, 1.54) is 18.4 Å². The molecule has 1 saturated carbocycles. The van der Waals surface area contributed by atoms with Gasteiger partial charge >= 0.3 is 0 Å². The van der Waals surface area contributed by atoms with E-state index in [9.17, 15) is 4.79 Å². The molecule has 1 N–H and O–H groups in total. The van der Waals surface area contributed by atoms with Gasteiger partial charge in [0.25, 0.3) is 0 Å². The number of nitrogens with one attached hydrogen (secondary N) is 1. The highest BCUT2D eigenvalue weighted by molar-refractivity contribution is 5.78. The lowest BCUT2D eigenvalue weighted by atomic mass is 10.1. The van der Waals surface area contributed by atoms with Crippen LogP contribution in [0.5, 0.6) is 0 Å². The summed E-state index contributed by atoms with van der Waals surface area (Å²) in [5, 5.41) is 3.29. The number of amides is 1. The van der Waals surface area contributed by atoms with Gasteiger partial charge < -0.3 is 10.2 Å². The summed E-state index contributed by atoms with van der Waals surface area (Å²) in [6.45, 7) is 7.24. The van der Waals surface area contributed by atoms with Crippen molar-refractivity contribution in [3.05, 3.63) is 30.1 Å². The highest BCUT2D eigenvalue weighted by Crippen LogP contribution is 2.27. The summed E-state index contributed by atoms with van der Waals surface area (Å²) in [5.41, 5.74) is 1.24.